The standard InChI is InChI=1S/C18H23O2P.Y/c1-18(2,3)17(19)14-21(20,15-10-6-4-7-11-15)16-12-8-5-9-13-16;/h4-13,17,19H,14H2,1-3H3;/p+1. The zero-order valence-electron chi connectivity index (χ0n) is 13.5. The average molecular weight is 392 g/mol. The molecule has 0 bridgehead atoms. The molecule has 2 nitrogen and oxygen atoms in total. The van der Waals surface area contributed by atoms with Gasteiger partial charge in [0.15, 0.2) is 0 Å². The smallest absolute Gasteiger partial charge is 0.288 e. The third-order valence-corrected chi connectivity index (χ3v) is 6.98. The Bertz CT molecular complexity index is 577. The third kappa shape index (κ3) is 4.62. The van der Waals surface area contributed by atoms with Gasteiger partial charge in [0.25, 0.3) is 7.14 Å². The molecule has 0 aliphatic rings. The quantitative estimate of drug-likeness (QED) is 0.630. The van der Waals surface area contributed by atoms with Gasteiger partial charge in [0.05, 0.1) is 22.9 Å². The Kier molecular flexibility index (Phi) is 7.21. The summed E-state index contributed by atoms with van der Waals surface area (Å²) in [5.74, 6) is 0. The van der Waals surface area contributed by atoms with Crippen molar-refractivity contribution in [3.63, 3.8) is 0 Å². The minimum Gasteiger partial charge on any atom is -0.392 e. The number of aliphatic hydroxyl groups excluding tert-OH is 1. The van der Waals surface area contributed by atoms with E-state index in [2.05, 4.69) is 0 Å². The Morgan fingerprint density at radius 3 is 1.59 bits per heavy atom. The first-order valence-corrected chi connectivity index (χ1v) is 9.17. The molecule has 2 aromatic carbocycles. The van der Waals surface area contributed by atoms with Gasteiger partial charge in [-0.2, -0.15) is 0 Å². The van der Waals surface area contributed by atoms with Crippen LogP contribution in [0.25, 0.3) is 0 Å². The van der Waals surface area contributed by atoms with E-state index in [-0.39, 0.29) is 38.1 Å². The van der Waals surface area contributed by atoms with Gasteiger partial charge in [-0.05, 0) is 29.7 Å². The molecule has 0 aliphatic heterocycles. The number of hydrogen-bond acceptors (Lipinski definition) is 1. The van der Waals surface area contributed by atoms with Crippen LogP contribution in [0.2, 0.25) is 0 Å². The van der Waals surface area contributed by atoms with E-state index in [1.165, 1.54) is 0 Å². The Labute approximate surface area is 158 Å². The zero-order valence-corrected chi connectivity index (χ0v) is 17.2. The topological polar surface area (TPSA) is 41.6 Å². The van der Waals surface area contributed by atoms with Crippen LogP contribution in [0, 0.1) is 5.41 Å². The van der Waals surface area contributed by atoms with Crippen molar-refractivity contribution >= 4 is 17.8 Å². The van der Waals surface area contributed by atoms with E-state index in [0.717, 1.165) is 10.6 Å². The van der Waals surface area contributed by atoms with Gasteiger partial charge in [0.1, 0.15) is 0 Å². The average Bonchev–Trinajstić information content (AvgIpc) is 2.48. The molecule has 0 heterocycles. The van der Waals surface area contributed by atoms with Crippen LogP contribution in [0.15, 0.2) is 60.7 Å². The maximum atomic E-state index is 11.4. The van der Waals surface area contributed by atoms with E-state index in [0.29, 0.717) is 6.16 Å². The molecule has 22 heavy (non-hydrogen) atoms. The van der Waals surface area contributed by atoms with Gasteiger partial charge in [0, 0.05) is 32.7 Å². The van der Waals surface area contributed by atoms with Gasteiger partial charge >= 0.3 is 0 Å². The van der Waals surface area contributed by atoms with Crippen molar-refractivity contribution in [2.24, 2.45) is 5.41 Å². The van der Waals surface area contributed by atoms with Crippen LogP contribution in [-0.2, 0) is 32.7 Å². The molecule has 4 heteroatoms. The van der Waals surface area contributed by atoms with Gasteiger partial charge in [-0.1, -0.05) is 57.2 Å². The number of benzene rings is 2. The van der Waals surface area contributed by atoms with Crippen LogP contribution >= 0.6 is 7.14 Å². The molecule has 0 spiro atoms. The molecular weight excluding hydrogens is 368 g/mol. The van der Waals surface area contributed by atoms with Crippen molar-refractivity contribution in [2.75, 3.05) is 6.16 Å². The van der Waals surface area contributed by atoms with Crippen LogP contribution in [0.4, 0.5) is 0 Å². The van der Waals surface area contributed by atoms with Crippen LogP contribution in [0.5, 0.6) is 0 Å². The molecule has 0 fully saturated rings. The number of aliphatic hydroxyl groups is 1. The van der Waals surface area contributed by atoms with Crippen LogP contribution in [-0.4, -0.2) is 21.9 Å². The summed E-state index contributed by atoms with van der Waals surface area (Å²) in [6.45, 7) is 5.99. The van der Waals surface area contributed by atoms with Gasteiger partial charge in [-0.25, -0.2) is 0 Å². The van der Waals surface area contributed by atoms with Crippen molar-refractivity contribution in [3.8, 4) is 0 Å². The third-order valence-electron chi connectivity index (χ3n) is 3.80. The molecule has 1 unspecified atom stereocenters. The second-order valence-corrected chi connectivity index (χ2v) is 9.44. The van der Waals surface area contributed by atoms with Gasteiger partial charge in [-0.15, -0.1) is 0 Å². The van der Waals surface area contributed by atoms with E-state index in [1.807, 2.05) is 81.4 Å². The summed E-state index contributed by atoms with van der Waals surface area (Å²) in [6.07, 6.45) is -0.180. The van der Waals surface area contributed by atoms with Gasteiger partial charge in [-0.3, -0.25) is 0 Å². The van der Waals surface area contributed by atoms with Crippen molar-refractivity contribution in [1.82, 2.24) is 0 Å². The summed E-state index contributed by atoms with van der Waals surface area (Å²) in [4.78, 5) is 0. The van der Waals surface area contributed by atoms with Gasteiger partial charge < -0.3 is 9.67 Å². The molecule has 0 aromatic heterocycles. The Morgan fingerprint density at radius 2 is 1.27 bits per heavy atom. The van der Waals surface area contributed by atoms with Crippen molar-refractivity contribution < 1.29 is 42.4 Å². The first kappa shape index (κ1) is 19.8. The number of hydrogen-bond donors (Lipinski definition) is 1. The van der Waals surface area contributed by atoms with Crippen molar-refractivity contribution in [1.29, 1.82) is 0 Å². The molecular formula is C18H24O2PY+. The van der Waals surface area contributed by atoms with Crippen molar-refractivity contribution in [3.05, 3.63) is 60.7 Å². The predicted octanol–water partition coefficient (Wildman–Crippen LogP) is 3.35. The van der Waals surface area contributed by atoms with Crippen LogP contribution in [0.3, 0.4) is 0 Å². The van der Waals surface area contributed by atoms with Crippen molar-refractivity contribution in [2.45, 2.75) is 26.9 Å². The second kappa shape index (κ2) is 8.02. The first-order valence-electron chi connectivity index (χ1n) is 7.24. The minimum atomic E-state index is -2.58. The molecule has 0 amide bonds. The van der Waals surface area contributed by atoms with E-state index in [4.69, 9.17) is 0 Å². The second-order valence-electron chi connectivity index (χ2n) is 6.50. The Hall–Kier alpha value is -0.266. The molecule has 1 atom stereocenters. The fraction of sp³-hybridized carbons (Fsp3) is 0.333. The van der Waals surface area contributed by atoms with E-state index in [1.54, 1.807) is 0 Å². The SMILES string of the molecule is CC(C)(C)C(O)CP(=[OH+])(c1ccccc1)c1ccccc1.[Y]. The predicted molar refractivity (Wildman–Crippen MR) is 91.3 cm³/mol. The zero-order chi connectivity index (χ0) is 15.5. The Balaban J connectivity index is 0.00000242. The molecule has 2 aromatic rings. The first-order chi connectivity index (χ1) is 9.84. The molecule has 2 rings (SSSR count). The maximum absolute atomic E-state index is 11.4. The molecule has 1 radical (unpaired) electrons. The fourth-order valence-corrected chi connectivity index (χ4v) is 5.33. The van der Waals surface area contributed by atoms with Crippen LogP contribution < -0.4 is 10.6 Å². The summed E-state index contributed by atoms with van der Waals surface area (Å²) < 4.78 is 11.4. The van der Waals surface area contributed by atoms with Gasteiger partial charge in [0.2, 0.25) is 0 Å². The minimum absolute atomic E-state index is 0. The molecule has 0 saturated carbocycles. The molecule has 115 valence electrons. The summed E-state index contributed by atoms with van der Waals surface area (Å²) >= 11 is 0. The molecule has 0 saturated heterocycles. The fourth-order valence-electron chi connectivity index (χ4n) is 2.23. The number of rotatable bonds is 4. The maximum Gasteiger partial charge on any atom is 0.288 e. The monoisotopic (exact) mass is 392 g/mol. The molecule has 0 aliphatic carbocycles. The summed E-state index contributed by atoms with van der Waals surface area (Å²) in [5.41, 5.74) is -0.252. The summed E-state index contributed by atoms with van der Waals surface area (Å²) in [7, 11) is -2.58. The summed E-state index contributed by atoms with van der Waals surface area (Å²) in [5, 5.41) is 12.3. The normalized spacial score (nSPS) is 13.3. The van der Waals surface area contributed by atoms with E-state index >= 15 is 0 Å². The Morgan fingerprint density at radius 1 is 0.909 bits per heavy atom. The van der Waals surface area contributed by atoms with Crippen LogP contribution in [0.1, 0.15) is 20.8 Å². The molecule has 2 N–H and O–H groups in total. The largest absolute Gasteiger partial charge is 0.392 e. The van der Waals surface area contributed by atoms with E-state index < -0.39 is 13.2 Å². The summed E-state index contributed by atoms with van der Waals surface area (Å²) in [6, 6.07) is 19.5. The van der Waals surface area contributed by atoms with E-state index in [9.17, 15) is 9.67 Å².